The van der Waals surface area contributed by atoms with Crippen molar-refractivity contribution in [2.45, 2.75) is 11.4 Å². The van der Waals surface area contributed by atoms with E-state index in [-0.39, 0.29) is 35.6 Å². The topological polar surface area (TPSA) is 205 Å². The number of esters is 1. The van der Waals surface area contributed by atoms with Crippen LogP contribution in [0.2, 0.25) is 0 Å². The van der Waals surface area contributed by atoms with Crippen molar-refractivity contribution < 1.29 is 40.6 Å². The monoisotopic (exact) mass is 504 g/mol. The van der Waals surface area contributed by atoms with E-state index in [0.29, 0.717) is 0 Å². The summed E-state index contributed by atoms with van der Waals surface area (Å²) in [6, 6.07) is 1.78. The van der Waals surface area contributed by atoms with Gasteiger partial charge < -0.3 is 14.2 Å². The van der Waals surface area contributed by atoms with Gasteiger partial charge >= 0.3 is 24.0 Å². The summed E-state index contributed by atoms with van der Waals surface area (Å²) < 4.78 is 66.5. The molecule has 0 aliphatic carbocycles. The van der Waals surface area contributed by atoms with Gasteiger partial charge in [-0.05, 0) is 17.7 Å². The van der Waals surface area contributed by atoms with Crippen LogP contribution < -0.4 is 24.2 Å². The fourth-order valence-corrected chi connectivity index (χ4v) is 3.85. The zero-order valence-electron chi connectivity index (χ0n) is 17.8. The van der Waals surface area contributed by atoms with Gasteiger partial charge in [0.1, 0.15) is 4.90 Å². The zero-order valence-corrected chi connectivity index (χ0v) is 19.4. The number of carbonyl (C=O) groups excluding carboxylic acids is 2. The quantitative estimate of drug-likeness (QED) is 0.360. The number of anilines is 1. The molecule has 1 aromatic heterocycles. The molecule has 0 aliphatic rings. The maximum Gasteiger partial charge on any atom is 0.339 e. The first-order valence-corrected chi connectivity index (χ1v) is 12.1. The number of nitrogens with zero attached hydrogens (tertiary/aromatic N) is 3. The number of nitrogens with one attached hydrogen (secondary N) is 3. The van der Waals surface area contributed by atoms with E-state index < -0.39 is 36.9 Å². The number of rotatable bonds is 9. The third kappa shape index (κ3) is 7.22. The lowest BCUT2D eigenvalue weighted by Crippen LogP contribution is -2.36. The molecular formula is C16H20N6O9S2. The van der Waals surface area contributed by atoms with Crippen LogP contribution in [0.25, 0.3) is 0 Å². The Balaban J connectivity index is 2.35. The summed E-state index contributed by atoms with van der Waals surface area (Å²) >= 11 is 0. The highest BCUT2D eigenvalue weighted by Gasteiger charge is 2.26. The Morgan fingerprint density at radius 2 is 1.58 bits per heavy atom. The lowest BCUT2D eigenvalue weighted by Gasteiger charge is -2.13. The minimum absolute atomic E-state index is 0.195. The number of aromatic nitrogens is 3. The summed E-state index contributed by atoms with van der Waals surface area (Å²) in [7, 11) is -4.68. The average molecular weight is 505 g/mol. The highest BCUT2D eigenvalue weighted by molar-refractivity contribution is 7.90. The van der Waals surface area contributed by atoms with Crippen LogP contribution >= 0.6 is 0 Å². The summed E-state index contributed by atoms with van der Waals surface area (Å²) in [4.78, 5) is 34.9. The number of hydrogen-bond donors (Lipinski definition) is 3. The average Bonchev–Trinajstić information content (AvgIpc) is 2.75. The highest BCUT2D eigenvalue weighted by atomic mass is 32.2. The van der Waals surface area contributed by atoms with Crippen LogP contribution in [0.1, 0.15) is 15.9 Å². The largest absolute Gasteiger partial charge is 0.467 e. The van der Waals surface area contributed by atoms with Crippen LogP contribution in [-0.2, 0) is 31.3 Å². The van der Waals surface area contributed by atoms with Crippen molar-refractivity contribution in [2.24, 2.45) is 0 Å². The van der Waals surface area contributed by atoms with Crippen LogP contribution in [0.5, 0.6) is 12.0 Å². The molecule has 0 radical (unpaired) electrons. The number of methoxy groups -OCH3 is 3. The van der Waals surface area contributed by atoms with Gasteiger partial charge in [-0.1, -0.05) is 6.07 Å². The summed E-state index contributed by atoms with van der Waals surface area (Å²) in [5, 5.41) is 2.08. The first-order valence-electron chi connectivity index (χ1n) is 8.72. The molecule has 0 unspecified atom stereocenters. The third-order valence-electron chi connectivity index (χ3n) is 3.69. The van der Waals surface area contributed by atoms with Crippen molar-refractivity contribution in [3.8, 4) is 12.0 Å². The normalized spacial score (nSPS) is 11.4. The van der Waals surface area contributed by atoms with Gasteiger partial charge in [0.2, 0.25) is 16.0 Å². The van der Waals surface area contributed by atoms with Crippen molar-refractivity contribution in [2.75, 3.05) is 32.9 Å². The standard InChI is InChI=1S/C16H20N6O9S2/c1-29-12(23)10-6-5-9(8-17-32(4,25)26)7-11(10)33(27,28)22-14(24)18-13-19-15(30-2)21-16(20-13)31-3/h5-7,17H,8H2,1-4H3,(H2,18,19,20,21,22,24). The first-order chi connectivity index (χ1) is 15.4. The first kappa shape index (κ1) is 25.7. The zero-order chi connectivity index (χ0) is 24.8. The summed E-state index contributed by atoms with van der Waals surface area (Å²) in [5.74, 6) is -1.38. The Bertz CT molecular complexity index is 1240. The predicted octanol–water partition coefficient (Wildman–Crippen LogP) is -0.765. The van der Waals surface area contributed by atoms with E-state index in [2.05, 4.69) is 29.7 Å². The molecule has 1 aromatic carbocycles. The molecule has 2 amide bonds. The fraction of sp³-hybridized carbons (Fsp3) is 0.312. The molecule has 0 bridgehead atoms. The van der Waals surface area contributed by atoms with Gasteiger partial charge in [0.05, 0.1) is 33.1 Å². The number of sulfonamides is 2. The van der Waals surface area contributed by atoms with Crippen molar-refractivity contribution in [3.05, 3.63) is 29.3 Å². The van der Waals surface area contributed by atoms with E-state index in [1.165, 1.54) is 20.3 Å². The van der Waals surface area contributed by atoms with Crippen LogP contribution in [0.15, 0.2) is 23.1 Å². The molecular weight excluding hydrogens is 484 g/mol. The van der Waals surface area contributed by atoms with Gasteiger partial charge in [-0.2, -0.15) is 9.97 Å². The molecule has 33 heavy (non-hydrogen) atoms. The number of benzene rings is 1. The number of ether oxygens (including phenoxy) is 3. The van der Waals surface area contributed by atoms with Crippen LogP contribution in [0.4, 0.5) is 10.7 Å². The second-order valence-corrected chi connectivity index (χ2v) is 9.59. The molecule has 0 aliphatic heterocycles. The van der Waals surface area contributed by atoms with Crippen molar-refractivity contribution >= 4 is 38.0 Å². The molecule has 17 heteroatoms. The number of amides is 2. The Morgan fingerprint density at radius 1 is 0.970 bits per heavy atom. The minimum Gasteiger partial charge on any atom is -0.467 e. The molecule has 3 N–H and O–H groups in total. The highest BCUT2D eigenvalue weighted by Crippen LogP contribution is 2.20. The lowest BCUT2D eigenvalue weighted by molar-refractivity contribution is 0.0596. The molecule has 0 saturated heterocycles. The second-order valence-electron chi connectivity index (χ2n) is 6.11. The predicted molar refractivity (Wildman–Crippen MR) is 112 cm³/mol. The SMILES string of the molecule is COC(=O)c1ccc(CNS(C)(=O)=O)cc1S(=O)(=O)NC(=O)Nc1nc(OC)nc(OC)n1. The summed E-state index contributed by atoms with van der Waals surface area (Å²) in [6.07, 6.45) is 0.921. The van der Waals surface area contributed by atoms with Crippen LogP contribution in [0.3, 0.4) is 0 Å². The second kappa shape index (κ2) is 10.4. The Labute approximate surface area is 189 Å². The Morgan fingerprint density at radius 3 is 2.09 bits per heavy atom. The van der Waals surface area contributed by atoms with Crippen LogP contribution in [0, 0.1) is 0 Å². The van der Waals surface area contributed by atoms with Gasteiger partial charge in [-0.15, -0.1) is 4.98 Å². The van der Waals surface area contributed by atoms with Gasteiger partial charge in [-0.3, -0.25) is 5.32 Å². The molecule has 0 fully saturated rings. The maximum absolute atomic E-state index is 12.9. The van der Waals surface area contributed by atoms with Crippen molar-refractivity contribution in [3.63, 3.8) is 0 Å². The molecule has 0 atom stereocenters. The molecule has 15 nitrogen and oxygen atoms in total. The number of hydrogen-bond acceptors (Lipinski definition) is 12. The molecule has 2 rings (SSSR count). The van der Waals surface area contributed by atoms with Crippen LogP contribution in [-0.4, -0.2) is 71.4 Å². The van der Waals surface area contributed by atoms with Gasteiger partial charge in [0.15, 0.2) is 0 Å². The van der Waals surface area contributed by atoms with Gasteiger partial charge in [0.25, 0.3) is 10.0 Å². The molecule has 0 saturated carbocycles. The molecule has 2 aromatic rings. The minimum atomic E-state index is -4.65. The fourth-order valence-electron chi connectivity index (χ4n) is 2.27. The van der Waals surface area contributed by atoms with E-state index in [0.717, 1.165) is 25.5 Å². The van der Waals surface area contributed by atoms with Crippen molar-refractivity contribution in [1.82, 2.24) is 24.4 Å². The lowest BCUT2D eigenvalue weighted by atomic mass is 10.1. The number of urea groups is 1. The smallest absolute Gasteiger partial charge is 0.339 e. The maximum atomic E-state index is 12.9. The van der Waals surface area contributed by atoms with E-state index in [1.807, 2.05) is 0 Å². The van der Waals surface area contributed by atoms with Crippen molar-refractivity contribution in [1.29, 1.82) is 0 Å². The van der Waals surface area contributed by atoms with E-state index in [1.54, 1.807) is 4.72 Å². The Kier molecular flexibility index (Phi) is 8.07. The van der Waals surface area contributed by atoms with Gasteiger partial charge in [-0.25, -0.2) is 35.9 Å². The Hall–Kier alpha value is -3.57. The number of carbonyl (C=O) groups is 2. The van der Waals surface area contributed by atoms with E-state index in [9.17, 15) is 26.4 Å². The molecule has 180 valence electrons. The molecule has 0 spiro atoms. The van der Waals surface area contributed by atoms with E-state index in [4.69, 9.17) is 9.47 Å². The molecule has 1 heterocycles. The van der Waals surface area contributed by atoms with Gasteiger partial charge in [0, 0.05) is 6.54 Å². The summed E-state index contributed by atoms with van der Waals surface area (Å²) in [5.41, 5.74) is -0.190. The summed E-state index contributed by atoms with van der Waals surface area (Å²) in [6.45, 7) is -0.264. The van der Waals surface area contributed by atoms with E-state index >= 15 is 0 Å². The third-order valence-corrected chi connectivity index (χ3v) is 5.73.